The molecule has 8 atom stereocenters. The van der Waals surface area contributed by atoms with Crippen molar-refractivity contribution in [3.8, 4) is 28.7 Å². The third-order valence-electron chi connectivity index (χ3n) is 24.2. The molecule has 0 amide bonds. The first kappa shape index (κ1) is 104. The number of ether oxygens (including phenoxy) is 6. The van der Waals surface area contributed by atoms with Gasteiger partial charge in [-0.05, 0) is 224 Å². The molecule has 129 heavy (non-hydrogen) atoms. The van der Waals surface area contributed by atoms with E-state index in [4.69, 9.17) is 33.5 Å². The van der Waals surface area contributed by atoms with Gasteiger partial charge in [-0.1, -0.05) is 268 Å². The minimum Gasteiger partial charge on any atom is -0.743 e. The number of benzene rings is 9. The molecule has 25 heteroatoms. The van der Waals surface area contributed by atoms with Gasteiger partial charge in [-0.2, -0.15) is 34.8 Å². The number of aryl methyl sites for hydroxylation is 5. The molecule has 1 aliphatic heterocycles. The molecule has 1 saturated heterocycles. The Kier molecular flexibility index (Phi) is 39.2. The predicted molar refractivity (Wildman–Crippen MR) is 494 cm³/mol. The molecule has 9 aromatic rings. The van der Waals surface area contributed by atoms with Crippen LogP contribution in [0.1, 0.15) is 220 Å². The molecule has 2 bridgehead atoms. The smallest absolute Gasteiger partial charge is 0.450 e. The average Bonchev–Trinajstić information content (AvgIpc) is 0.885. The Labute approximate surface area is 763 Å². The molecule has 2 N–H and O–H groups in total. The Morgan fingerprint density at radius 2 is 0.884 bits per heavy atom. The van der Waals surface area contributed by atoms with Gasteiger partial charge in [0.2, 0.25) is 6.29 Å². The van der Waals surface area contributed by atoms with Crippen molar-refractivity contribution in [1.29, 1.82) is 0 Å². The van der Waals surface area contributed by atoms with Crippen LogP contribution in [-0.2, 0) is 91.8 Å². The number of halogens is 6. The number of rotatable bonds is 28. The number of carbonyl (C=O) groups excluding carboxylic acids is 2. The van der Waals surface area contributed by atoms with Gasteiger partial charge in [0, 0.05) is 24.7 Å². The van der Waals surface area contributed by atoms with Crippen LogP contribution in [0.4, 0.5) is 26.3 Å². The van der Waals surface area contributed by atoms with Crippen molar-refractivity contribution >= 4 is 53.8 Å². The van der Waals surface area contributed by atoms with Gasteiger partial charge in [0.25, 0.3) is 0 Å². The zero-order valence-electron chi connectivity index (χ0n) is 76.2. The Balaban J connectivity index is 0.000000173. The van der Waals surface area contributed by atoms with Crippen molar-refractivity contribution in [2.24, 2.45) is 40.9 Å². The number of aromatic hydroxyl groups is 2. The van der Waals surface area contributed by atoms with E-state index in [1.165, 1.54) is 144 Å². The molecule has 8 unspecified atom stereocenters. The van der Waals surface area contributed by atoms with Crippen LogP contribution in [0, 0.1) is 40.9 Å². The maximum Gasteiger partial charge on any atom is 0.450 e. The van der Waals surface area contributed by atoms with E-state index in [-0.39, 0.29) is 64.9 Å². The Bertz CT molecular complexity index is 5000. The number of alkyl halides is 6. The standard InChI is InChI=1S/C23H36O2.C20H32O2.C18H15S.C12H16O4.C12H12O.C11H10F6O6S2.C8H10O/c1-3-19-13-15-22(16-14-19)25-23(24-21-11-5-4-6-12-21)17-18(2)20-9-7-8-10-20;1-5-16-11-13-18(14-12-16)22-19(15-20(2,3)4)21-17-9-7-6-8-10-17;1-4-10-16(11-5-1)19(17-12-6-2-7-13-17)18-14-8-3-9-15-18;1-5(2)11(13)15-9-6-3-7-8(4-6)12(14)16-10(7)9;1-2-9-3-4-11-8-12(13)6-5-10(11)7-9;1-2-7-3-5-8(6-4-7)23-25(21,22)11(16,17)9(12,13)10(14,15)24(18,19)20;1-2-7-3-5-8(9)6-4-7/h13-16,18,20-21,23H,3-12,17H2,1-2H3;11-14,17,19H,5-10,15H2,1-4H3;1-15H;5-10H,3-4H2,1-2H3;3-8,13H,2H2,1H3;3-6H,2H2,1H3,(H,18,19,20);3-6,9H,2H2,1H3/q;;+1;;;;/p-1. The lowest BCUT2D eigenvalue weighted by molar-refractivity contribution is -0.247. The van der Waals surface area contributed by atoms with Gasteiger partial charge >= 0.3 is 38.5 Å². The van der Waals surface area contributed by atoms with Crippen LogP contribution in [0.25, 0.3) is 10.8 Å². The quantitative estimate of drug-likeness (QED) is 0.0116. The zero-order chi connectivity index (χ0) is 93.7. The lowest BCUT2D eigenvalue weighted by Gasteiger charge is -2.32. The topological polar surface area (TPSA) is 231 Å². The summed E-state index contributed by atoms with van der Waals surface area (Å²) in [5.41, 5.74) is 6.06. The largest absolute Gasteiger partial charge is 0.743 e. The Morgan fingerprint density at radius 1 is 0.488 bits per heavy atom. The summed E-state index contributed by atoms with van der Waals surface area (Å²) in [5.74, 6) is -3.56. The van der Waals surface area contributed by atoms with E-state index in [0.717, 1.165) is 86.3 Å². The normalized spacial score (nSPS) is 18.9. The minimum atomic E-state index is -7.32. The van der Waals surface area contributed by atoms with E-state index in [2.05, 4.69) is 211 Å². The predicted octanol–water partition coefficient (Wildman–Crippen LogP) is 25.6. The average molecular weight is 1850 g/mol. The molecule has 702 valence electrons. The minimum absolute atomic E-state index is 0.0146. The van der Waals surface area contributed by atoms with Gasteiger partial charge in [-0.3, -0.25) is 9.59 Å². The Morgan fingerprint density at radius 3 is 1.32 bits per heavy atom. The summed E-state index contributed by atoms with van der Waals surface area (Å²) in [6.07, 6.45) is 26.9. The van der Waals surface area contributed by atoms with Gasteiger partial charge in [-0.15, -0.1) is 0 Å². The fourth-order valence-corrected chi connectivity index (χ4v) is 20.1. The summed E-state index contributed by atoms with van der Waals surface area (Å²) in [6, 6.07) is 72.1. The summed E-state index contributed by atoms with van der Waals surface area (Å²) >= 11 is 0. The highest BCUT2D eigenvalue weighted by Gasteiger charge is 2.81. The number of fused-ring (bicyclic) bond motifs is 2. The number of hydrogen-bond donors (Lipinski definition) is 2. The number of hydrogen-bond acceptors (Lipinski definition) is 16. The molecular weight excluding hydrogens is 1720 g/mol. The fraction of sp³-hybridized carbons (Fsp3) is 0.481. The molecule has 5 saturated carbocycles. The number of carbonyl (C=O) groups is 2. The SMILES string of the molecule is CC(C)C(=O)OC1C2CC3C(=O)OC1C3C2.CCc1ccc(O)cc1.CCc1ccc(OC(CC(C)(C)C)OC2CCCCC2)cc1.CCc1ccc(OC(CC(C)C2CCCC2)OC2CCCCC2)cc1.CCc1ccc(OS(=O)(=O)C(F)(F)C(F)(F)C(F)(F)S(=O)(=O)[O-])cc1.CCc1ccc2cc(O)ccc2c1.c1ccc([S+](c2ccccc2)c2ccccc2)cc1. The van der Waals surface area contributed by atoms with Gasteiger partial charge in [0.15, 0.2) is 31.1 Å². The van der Waals surface area contributed by atoms with Crippen molar-refractivity contribution in [2.75, 3.05) is 0 Å². The van der Waals surface area contributed by atoms with Crippen LogP contribution in [0.5, 0.6) is 28.7 Å². The van der Waals surface area contributed by atoms with E-state index < -0.39 is 42.4 Å². The second kappa shape index (κ2) is 48.9. The van der Waals surface area contributed by atoms with Crippen molar-refractivity contribution < 1.29 is 100 Å². The summed E-state index contributed by atoms with van der Waals surface area (Å²) in [7, 11) is -14.1. The molecule has 5 aliphatic carbocycles. The van der Waals surface area contributed by atoms with Crippen LogP contribution in [0.2, 0.25) is 0 Å². The highest BCUT2D eigenvalue weighted by Crippen LogP contribution is 2.56. The van der Waals surface area contributed by atoms with E-state index >= 15 is 0 Å². The number of esters is 2. The molecule has 6 aliphatic rings. The molecule has 0 aromatic heterocycles. The summed E-state index contributed by atoms with van der Waals surface area (Å²) in [6.45, 7) is 23.0. The first-order chi connectivity index (χ1) is 61.4. The summed E-state index contributed by atoms with van der Waals surface area (Å²) in [4.78, 5) is 27.1. The molecule has 15 rings (SSSR count). The van der Waals surface area contributed by atoms with E-state index in [1.54, 1.807) is 31.2 Å². The van der Waals surface area contributed by atoms with Crippen molar-refractivity contribution in [2.45, 2.75) is 292 Å². The third kappa shape index (κ3) is 30.2. The summed E-state index contributed by atoms with van der Waals surface area (Å²) < 4.78 is 172. The van der Waals surface area contributed by atoms with Crippen LogP contribution < -0.4 is 13.7 Å². The van der Waals surface area contributed by atoms with Crippen molar-refractivity contribution in [1.82, 2.24) is 0 Å². The first-order valence-corrected chi connectivity index (χ1v) is 49.6. The van der Waals surface area contributed by atoms with Gasteiger partial charge in [0.1, 0.15) is 41.0 Å². The molecule has 16 nitrogen and oxygen atoms in total. The molecular formula is C104H130F6O16S3. The van der Waals surface area contributed by atoms with Crippen LogP contribution in [0.15, 0.2) is 239 Å². The maximum atomic E-state index is 13.5. The Hall–Kier alpha value is -9.11. The van der Waals surface area contributed by atoms with Gasteiger partial charge in [0.05, 0.1) is 34.9 Å². The molecule has 9 aromatic carbocycles. The van der Waals surface area contributed by atoms with E-state index in [0.29, 0.717) is 53.4 Å². The van der Waals surface area contributed by atoms with Crippen LogP contribution >= 0.6 is 0 Å². The molecule has 1 heterocycles. The number of phenols is 2. The zero-order valence-corrected chi connectivity index (χ0v) is 78.6. The van der Waals surface area contributed by atoms with Crippen LogP contribution in [-0.4, -0.2) is 97.0 Å². The van der Waals surface area contributed by atoms with Crippen molar-refractivity contribution in [3.05, 3.63) is 252 Å². The fourth-order valence-electron chi connectivity index (χ4n) is 16.6. The van der Waals surface area contributed by atoms with Crippen LogP contribution in [0.3, 0.4) is 0 Å². The summed E-state index contributed by atoms with van der Waals surface area (Å²) in [5, 5.41) is 6.75. The van der Waals surface area contributed by atoms with Gasteiger partial charge < -0.3 is 47.4 Å². The van der Waals surface area contributed by atoms with E-state index in [9.17, 15) is 62.4 Å². The maximum absolute atomic E-state index is 13.5. The highest BCUT2D eigenvalue weighted by molar-refractivity contribution is 7.97. The second-order valence-corrected chi connectivity index (χ2v) is 40.5. The lowest BCUT2D eigenvalue weighted by atomic mass is 9.88. The number of phenolic OH excluding ortho intramolecular Hbond substituents is 2. The monoisotopic (exact) mass is 1840 g/mol. The first-order valence-electron chi connectivity index (χ1n) is 45.6. The molecule has 0 radical (unpaired) electrons. The third-order valence-corrected chi connectivity index (χ3v) is 28.6. The second-order valence-electron chi connectivity index (χ2n) is 35.4. The molecule has 0 spiro atoms. The van der Waals surface area contributed by atoms with Crippen molar-refractivity contribution in [3.63, 3.8) is 0 Å². The van der Waals surface area contributed by atoms with Gasteiger partial charge in [-0.25, -0.2) is 8.42 Å². The van der Waals surface area contributed by atoms with E-state index in [1.807, 2.05) is 38.1 Å². The molecule has 6 fully saturated rings. The highest BCUT2D eigenvalue weighted by atomic mass is 32.2. The lowest BCUT2D eigenvalue weighted by Crippen LogP contribution is -2.61.